The average Bonchev–Trinajstić information content (AvgIpc) is 3.40. The number of amides is 1. The second kappa shape index (κ2) is 11.7. The molecule has 0 unspecified atom stereocenters. The molecule has 1 aliphatic rings. The second-order valence-corrected chi connectivity index (χ2v) is 9.46. The maximum atomic E-state index is 13.7. The summed E-state index contributed by atoms with van der Waals surface area (Å²) >= 11 is 0. The Kier molecular flexibility index (Phi) is 7.92. The minimum atomic E-state index is -0.899. The molecule has 1 amide bonds. The number of aromatic nitrogens is 4. The molecule has 1 saturated heterocycles. The Balaban J connectivity index is 1.38. The third kappa shape index (κ3) is 6.11. The van der Waals surface area contributed by atoms with Crippen molar-refractivity contribution in [1.82, 2.24) is 19.9 Å². The minimum Gasteiger partial charge on any atom is -0.396 e. The molecule has 11 heteroatoms. The van der Waals surface area contributed by atoms with Crippen LogP contribution in [0.5, 0.6) is 0 Å². The number of nitrogens with zero attached hydrogens (tertiary/aromatic N) is 3. The van der Waals surface area contributed by atoms with Crippen LogP contribution in [-0.2, 0) is 14.3 Å². The summed E-state index contributed by atoms with van der Waals surface area (Å²) in [6.45, 7) is 2.58. The molecule has 0 atom stereocenters. The van der Waals surface area contributed by atoms with Gasteiger partial charge in [-0.05, 0) is 55.8 Å². The summed E-state index contributed by atoms with van der Waals surface area (Å²) in [5.41, 5.74) is 2.13. The highest BCUT2D eigenvalue weighted by Gasteiger charge is 2.41. The summed E-state index contributed by atoms with van der Waals surface area (Å²) in [6.07, 6.45) is 1.32. The van der Waals surface area contributed by atoms with Crippen LogP contribution in [0.3, 0.4) is 0 Å². The molecule has 202 valence electrons. The van der Waals surface area contributed by atoms with Crippen molar-refractivity contribution in [2.45, 2.75) is 19.6 Å². The lowest BCUT2D eigenvalue weighted by Crippen LogP contribution is -2.45. The van der Waals surface area contributed by atoms with Gasteiger partial charge in [0.05, 0.1) is 35.7 Å². The molecule has 2 aromatic heterocycles. The van der Waals surface area contributed by atoms with Gasteiger partial charge in [-0.25, -0.2) is 19.3 Å². The lowest BCUT2D eigenvalue weighted by molar-refractivity contribution is -0.229. The van der Waals surface area contributed by atoms with Gasteiger partial charge in [0.25, 0.3) is 0 Å². The topological polar surface area (TPSA) is 134 Å². The Morgan fingerprint density at radius 2 is 1.85 bits per heavy atom. The van der Waals surface area contributed by atoms with Crippen LogP contribution >= 0.6 is 0 Å². The number of para-hydroxylation sites is 1. The molecular formula is C28H29FN6O4. The molecule has 0 spiro atoms. The molecule has 10 nitrogen and oxygen atoms in total. The summed E-state index contributed by atoms with van der Waals surface area (Å²) < 4.78 is 25.6. The Hall–Kier alpha value is -4.19. The van der Waals surface area contributed by atoms with Crippen LogP contribution < -0.4 is 10.6 Å². The molecule has 2 aromatic carbocycles. The van der Waals surface area contributed by atoms with Gasteiger partial charge in [-0.15, -0.1) is 0 Å². The van der Waals surface area contributed by atoms with Crippen molar-refractivity contribution >= 4 is 17.5 Å². The number of nitrogens with one attached hydrogen (secondary N) is 3. The molecule has 0 aliphatic carbocycles. The Labute approximate surface area is 224 Å². The number of ether oxygens (including phenoxy) is 2. The minimum absolute atomic E-state index is 0.0552. The van der Waals surface area contributed by atoms with Crippen LogP contribution in [0.25, 0.3) is 22.6 Å². The predicted molar refractivity (Wildman–Crippen MR) is 143 cm³/mol. The van der Waals surface area contributed by atoms with Crippen molar-refractivity contribution in [2.24, 2.45) is 5.41 Å². The summed E-state index contributed by atoms with van der Waals surface area (Å²) in [7, 11) is 0. The van der Waals surface area contributed by atoms with Crippen LogP contribution in [0.15, 0.2) is 66.9 Å². The maximum Gasteiger partial charge on any atom is 0.234 e. The molecule has 1 fully saturated rings. The number of aliphatic hydroxyl groups is 1. The molecule has 1 aliphatic heterocycles. The largest absolute Gasteiger partial charge is 0.396 e. The van der Waals surface area contributed by atoms with Gasteiger partial charge in [0, 0.05) is 30.6 Å². The number of hydrogen-bond acceptors (Lipinski definition) is 8. The van der Waals surface area contributed by atoms with Crippen molar-refractivity contribution in [3.8, 4) is 22.6 Å². The Morgan fingerprint density at radius 3 is 2.56 bits per heavy atom. The van der Waals surface area contributed by atoms with Crippen molar-refractivity contribution in [1.29, 1.82) is 0 Å². The van der Waals surface area contributed by atoms with Crippen LogP contribution in [0.1, 0.15) is 25.5 Å². The van der Waals surface area contributed by atoms with Gasteiger partial charge in [0.1, 0.15) is 5.82 Å². The van der Waals surface area contributed by atoms with Gasteiger partial charge >= 0.3 is 0 Å². The van der Waals surface area contributed by atoms with E-state index in [1.165, 1.54) is 12.1 Å². The Bertz CT molecular complexity index is 1410. The molecular weight excluding hydrogens is 503 g/mol. The van der Waals surface area contributed by atoms with E-state index < -0.39 is 11.7 Å². The third-order valence-electron chi connectivity index (χ3n) is 6.28. The number of anilines is 2. The fraction of sp³-hybridized carbons (Fsp3) is 0.286. The maximum absolute atomic E-state index is 13.7. The molecule has 0 radical (unpaired) electrons. The number of carbonyl (C=O) groups excluding carboxylic acids is 1. The predicted octanol–water partition coefficient (Wildman–Crippen LogP) is 4.16. The first kappa shape index (κ1) is 26.4. The quantitative estimate of drug-likeness (QED) is 0.236. The first-order valence-corrected chi connectivity index (χ1v) is 12.6. The number of benzene rings is 2. The van der Waals surface area contributed by atoms with Gasteiger partial charge < -0.3 is 30.2 Å². The summed E-state index contributed by atoms with van der Waals surface area (Å²) in [6, 6.07) is 16.9. The van der Waals surface area contributed by atoms with Crippen LogP contribution in [0, 0.1) is 11.2 Å². The molecule has 0 bridgehead atoms. The fourth-order valence-electron chi connectivity index (χ4n) is 4.07. The normalized spacial score (nSPS) is 19.0. The average molecular weight is 533 g/mol. The number of H-pyrrole nitrogens is 1. The van der Waals surface area contributed by atoms with Crippen LogP contribution in [-0.4, -0.2) is 57.3 Å². The number of imidazole rings is 1. The van der Waals surface area contributed by atoms with Crippen molar-refractivity contribution in [3.05, 3.63) is 78.5 Å². The van der Waals surface area contributed by atoms with E-state index in [-0.39, 0.29) is 31.5 Å². The first-order valence-electron chi connectivity index (χ1n) is 12.6. The molecule has 5 rings (SSSR count). The summed E-state index contributed by atoms with van der Waals surface area (Å²) in [5.74, 6) is 0.220. The van der Waals surface area contributed by atoms with Gasteiger partial charge in [-0.1, -0.05) is 18.2 Å². The van der Waals surface area contributed by atoms with Gasteiger partial charge in [0.15, 0.2) is 5.82 Å². The van der Waals surface area contributed by atoms with Crippen molar-refractivity contribution in [2.75, 3.05) is 37.0 Å². The Morgan fingerprint density at radius 1 is 1.10 bits per heavy atom. The van der Waals surface area contributed by atoms with Gasteiger partial charge in [0.2, 0.25) is 18.1 Å². The first-order chi connectivity index (χ1) is 18.9. The smallest absolute Gasteiger partial charge is 0.234 e. The third-order valence-corrected chi connectivity index (χ3v) is 6.28. The lowest BCUT2D eigenvalue weighted by atomic mass is 9.91. The van der Waals surface area contributed by atoms with E-state index >= 15 is 0 Å². The number of halogens is 1. The van der Waals surface area contributed by atoms with E-state index in [0.717, 1.165) is 0 Å². The highest BCUT2D eigenvalue weighted by Crippen LogP contribution is 2.36. The molecule has 39 heavy (non-hydrogen) atoms. The zero-order valence-corrected chi connectivity index (χ0v) is 21.4. The molecule has 3 heterocycles. The second-order valence-electron chi connectivity index (χ2n) is 9.46. The number of carbonyl (C=O) groups is 1. The number of aromatic amines is 1. The van der Waals surface area contributed by atoms with Crippen molar-refractivity contribution in [3.63, 3.8) is 0 Å². The lowest BCUT2D eigenvalue weighted by Gasteiger charge is -2.35. The number of aliphatic hydroxyl groups excluding tert-OH is 1. The number of hydrogen-bond donors (Lipinski definition) is 4. The van der Waals surface area contributed by atoms with E-state index in [2.05, 4.69) is 25.6 Å². The van der Waals surface area contributed by atoms with Crippen LogP contribution in [0.4, 0.5) is 16.0 Å². The monoisotopic (exact) mass is 532 g/mol. The van der Waals surface area contributed by atoms with Gasteiger partial charge in [-0.3, -0.25) is 4.79 Å². The zero-order chi connectivity index (χ0) is 27.2. The molecule has 4 aromatic rings. The standard InChI is InChI=1S/C28H29FN6O4/c1-28(26(37)32-20-6-3-2-4-7-20)16-38-25(39-17-28)24-34-22(18-8-10-19(29)11-9-18)23(35-24)21-12-14-31-27(33-21)30-13-5-15-36/h2-4,6-12,14,25,36H,5,13,15-17H2,1H3,(H,32,37)(H,34,35)(H,30,31,33). The van der Waals surface area contributed by atoms with Gasteiger partial charge in [-0.2, -0.15) is 0 Å². The fourth-order valence-corrected chi connectivity index (χ4v) is 4.07. The van der Waals surface area contributed by atoms with E-state index in [1.54, 1.807) is 31.3 Å². The summed E-state index contributed by atoms with van der Waals surface area (Å²) in [4.78, 5) is 29.8. The molecule has 0 saturated carbocycles. The molecule has 4 N–H and O–H groups in total. The number of rotatable bonds is 9. The van der Waals surface area contributed by atoms with Crippen LogP contribution in [0.2, 0.25) is 0 Å². The zero-order valence-electron chi connectivity index (χ0n) is 21.4. The van der Waals surface area contributed by atoms with E-state index in [9.17, 15) is 9.18 Å². The van der Waals surface area contributed by atoms with E-state index in [0.29, 0.717) is 53.1 Å². The summed E-state index contributed by atoms with van der Waals surface area (Å²) in [5, 5.41) is 15.0. The van der Waals surface area contributed by atoms with E-state index in [1.807, 2.05) is 30.3 Å². The van der Waals surface area contributed by atoms with E-state index in [4.69, 9.17) is 19.6 Å². The SMILES string of the molecule is CC1(C(=O)Nc2ccccc2)COC(c2nc(-c3ccc(F)cc3)c(-c3ccnc(NCCCO)n3)[nH]2)OC1. The highest BCUT2D eigenvalue weighted by molar-refractivity contribution is 5.95. The highest BCUT2D eigenvalue weighted by atomic mass is 19.1. The van der Waals surface area contributed by atoms with Crippen molar-refractivity contribution < 1.29 is 23.8 Å².